The molecule has 1 aromatic rings. The van der Waals surface area contributed by atoms with Gasteiger partial charge in [0, 0.05) is 31.8 Å². The van der Waals surface area contributed by atoms with Crippen LogP contribution in [0.4, 0.5) is 14.9 Å². The molecule has 1 amide bonds. The van der Waals surface area contributed by atoms with E-state index in [1.165, 1.54) is 12.3 Å². The van der Waals surface area contributed by atoms with Gasteiger partial charge in [0.15, 0.2) is 11.6 Å². The molecule has 1 fully saturated rings. The van der Waals surface area contributed by atoms with E-state index in [1.807, 2.05) is 27.7 Å². The van der Waals surface area contributed by atoms with E-state index in [0.29, 0.717) is 13.1 Å². The van der Waals surface area contributed by atoms with E-state index >= 15 is 0 Å². The fourth-order valence-corrected chi connectivity index (χ4v) is 3.62. The molecule has 0 saturated carbocycles. The van der Waals surface area contributed by atoms with Crippen LogP contribution in [0.5, 0.6) is 5.75 Å². The number of nitrogens with one attached hydrogen (secondary N) is 1. The molecule has 1 saturated heterocycles. The lowest BCUT2D eigenvalue weighted by atomic mass is 10.0. The first kappa shape index (κ1) is 21.7. The average Bonchev–Trinajstić information content (AvgIpc) is 2.63. The normalized spacial score (nSPS) is 21.7. The Hall–Kier alpha value is -2.00. The van der Waals surface area contributed by atoms with E-state index in [-0.39, 0.29) is 58.5 Å². The summed E-state index contributed by atoms with van der Waals surface area (Å²) in [5, 5.41) is 3.33. The number of ether oxygens (including phenoxy) is 2. The number of amides is 1. The number of ketones is 1. The zero-order valence-electron chi connectivity index (χ0n) is 16.9. The minimum Gasteiger partial charge on any atom is -0.491 e. The number of nitrogens with zero attached hydrogens (tertiary/aromatic N) is 2. The van der Waals surface area contributed by atoms with E-state index in [9.17, 15) is 14.0 Å². The van der Waals surface area contributed by atoms with Crippen LogP contribution in [0.25, 0.3) is 0 Å². The molecule has 3 rings (SSSR count). The predicted molar refractivity (Wildman–Crippen MR) is 111 cm³/mol. The minimum atomic E-state index is -0.586. The maximum atomic E-state index is 14.3. The van der Waals surface area contributed by atoms with Crippen LogP contribution >= 0.6 is 15.9 Å². The summed E-state index contributed by atoms with van der Waals surface area (Å²) in [5.74, 6) is -0.547. The van der Waals surface area contributed by atoms with E-state index in [4.69, 9.17) is 9.47 Å². The molecule has 0 spiro atoms. The van der Waals surface area contributed by atoms with Gasteiger partial charge in [-0.2, -0.15) is 0 Å². The average molecular weight is 470 g/mol. The number of piperazine rings is 1. The Balaban J connectivity index is 1.72. The highest BCUT2D eigenvalue weighted by Crippen LogP contribution is 2.39. The summed E-state index contributed by atoms with van der Waals surface area (Å²) in [6.45, 7) is 8.61. The first-order valence-corrected chi connectivity index (χ1v) is 10.3. The highest BCUT2D eigenvalue weighted by molar-refractivity contribution is 9.10. The summed E-state index contributed by atoms with van der Waals surface area (Å²) in [5.41, 5.74) is -0.429. The number of carbonyl (C=O) groups is 2. The number of fused-ring (bicyclic) bond motifs is 1. The number of rotatable bonds is 3. The second-order valence-electron chi connectivity index (χ2n) is 8.23. The monoisotopic (exact) mass is 469 g/mol. The molecule has 2 atom stereocenters. The van der Waals surface area contributed by atoms with Crippen molar-refractivity contribution in [1.29, 1.82) is 0 Å². The number of halogens is 2. The molecule has 1 N–H and O–H groups in total. The number of carbonyl (C=O) groups excluding carboxylic acids is 2. The summed E-state index contributed by atoms with van der Waals surface area (Å²) < 4.78 is 25.9. The zero-order chi connectivity index (χ0) is 21.3. The van der Waals surface area contributed by atoms with Crippen molar-refractivity contribution < 1.29 is 23.5 Å². The molecule has 0 bridgehead atoms. The Labute approximate surface area is 177 Å². The van der Waals surface area contributed by atoms with Crippen molar-refractivity contribution >= 4 is 39.7 Å². The lowest BCUT2D eigenvalue weighted by molar-refractivity contribution is 0.00746. The summed E-state index contributed by atoms with van der Waals surface area (Å²) in [4.78, 5) is 30.5. The number of Topliss-reactive ketones (excluding diaryl/α,β-unsaturated/α-hetero) is 1. The maximum absolute atomic E-state index is 14.3. The SMILES string of the molecule is C[C@@H]1CN[C@H](COc2cc(Br)c(F)c3c2C(=O)CC=N3)CN1C(=O)OC(C)(C)C. The first-order chi connectivity index (χ1) is 13.6. The Morgan fingerprint density at radius 2 is 2.17 bits per heavy atom. The minimum absolute atomic E-state index is 0.00812. The molecule has 2 aliphatic heterocycles. The van der Waals surface area contributed by atoms with Crippen LogP contribution < -0.4 is 10.1 Å². The lowest BCUT2D eigenvalue weighted by Crippen LogP contribution is -2.59. The largest absolute Gasteiger partial charge is 0.491 e. The third kappa shape index (κ3) is 4.95. The second kappa shape index (κ2) is 8.39. The number of hydrogen-bond acceptors (Lipinski definition) is 6. The summed E-state index contributed by atoms with van der Waals surface area (Å²) in [6.07, 6.45) is 1.13. The zero-order valence-corrected chi connectivity index (χ0v) is 18.5. The molecular weight excluding hydrogens is 445 g/mol. The maximum Gasteiger partial charge on any atom is 0.410 e. The van der Waals surface area contributed by atoms with Crippen molar-refractivity contribution in [3.63, 3.8) is 0 Å². The van der Waals surface area contributed by atoms with Crippen molar-refractivity contribution in [2.24, 2.45) is 4.99 Å². The third-order valence-electron chi connectivity index (χ3n) is 4.65. The quantitative estimate of drug-likeness (QED) is 0.726. The third-order valence-corrected chi connectivity index (χ3v) is 5.23. The smallest absolute Gasteiger partial charge is 0.410 e. The molecule has 0 radical (unpaired) electrons. The number of aliphatic imine (C=N–C) groups is 1. The molecule has 158 valence electrons. The second-order valence-corrected chi connectivity index (χ2v) is 9.09. The highest BCUT2D eigenvalue weighted by Gasteiger charge is 2.33. The van der Waals surface area contributed by atoms with Crippen LogP contribution in [-0.4, -0.2) is 60.4 Å². The van der Waals surface area contributed by atoms with Crippen molar-refractivity contribution in [3.8, 4) is 5.75 Å². The van der Waals surface area contributed by atoms with Gasteiger partial charge in [-0.3, -0.25) is 9.79 Å². The van der Waals surface area contributed by atoms with Crippen LogP contribution in [0.1, 0.15) is 44.5 Å². The summed E-state index contributed by atoms with van der Waals surface area (Å²) in [6, 6.07) is 1.26. The fourth-order valence-electron chi connectivity index (χ4n) is 3.22. The van der Waals surface area contributed by atoms with Crippen LogP contribution in [0.2, 0.25) is 0 Å². The molecule has 9 heteroatoms. The van der Waals surface area contributed by atoms with Gasteiger partial charge in [0.05, 0.1) is 16.1 Å². The summed E-state index contributed by atoms with van der Waals surface area (Å²) >= 11 is 3.15. The topological polar surface area (TPSA) is 80.2 Å². The van der Waals surface area contributed by atoms with Crippen LogP contribution in [0, 0.1) is 5.82 Å². The predicted octanol–water partition coefficient (Wildman–Crippen LogP) is 3.85. The van der Waals surface area contributed by atoms with E-state index in [1.54, 1.807) is 4.90 Å². The summed E-state index contributed by atoms with van der Waals surface area (Å²) in [7, 11) is 0. The molecular formula is C20H25BrFN3O4. The van der Waals surface area contributed by atoms with Crippen molar-refractivity contribution in [2.75, 3.05) is 19.7 Å². The molecule has 0 aliphatic carbocycles. The van der Waals surface area contributed by atoms with Crippen molar-refractivity contribution in [3.05, 3.63) is 21.9 Å². The molecule has 29 heavy (non-hydrogen) atoms. The standard InChI is InChI=1S/C20H25BrFN3O4/c1-11-8-24-12(9-25(11)19(27)29-20(2,3)4)10-28-15-7-13(21)17(22)18-16(15)14(26)5-6-23-18/h6-7,11-12,24H,5,8-10H2,1-4H3/t11-,12+/m1/s1. The van der Waals surface area contributed by atoms with Gasteiger partial charge >= 0.3 is 6.09 Å². The van der Waals surface area contributed by atoms with Crippen molar-refractivity contribution in [1.82, 2.24) is 10.2 Å². The van der Waals surface area contributed by atoms with E-state index in [2.05, 4.69) is 26.2 Å². The molecule has 2 heterocycles. The molecule has 0 unspecified atom stereocenters. The molecule has 0 aromatic heterocycles. The Morgan fingerprint density at radius 3 is 2.86 bits per heavy atom. The number of hydrogen-bond donors (Lipinski definition) is 1. The lowest BCUT2D eigenvalue weighted by Gasteiger charge is -2.39. The van der Waals surface area contributed by atoms with Crippen molar-refractivity contribution in [2.45, 2.75) is 51.8 Å². The highest BCUT2D eigenvalue weighted by atomic mass is 79.9. The van der Waals surface area contributed by atoms with Crippen LogP contribution in [0.15, 0.2) is 15.5 Å². The van der Waals surface area contributed by atoms with Crippen LogP contribution in [-0.2, 0) is 4.74 Å². The van der Waals surface area contributed by atoms with Gasteiger partial charge in [-0.15, -0.1) is 0 Å². The molecule has 1 aromatic carbocycles. The first-order valence-electron chi connectivity index (χ1n) is 9.50. The molecule has 2 aliphatic rings. The van der Waals surface area contributed by atoms with Crippen LogP contribution in [0.3, 0.4) is 0 Å². The van der Waals surface area contributed by atoms with Gasteiger partial charge in [-0.1, -0.05) is 0 Å². The Bertz CT molecular complexity index is 853. The molecule has 7 nitrogen and oxygen atoms in total. The van der Waals surface area contributed by atoms with E-state index < -0.39 is 11.4 Å². The number of benzene rings is 1. The van der Waals surface area contributed by atoms with Gasteiger partial charge in [0.1, 0.15) is 23.6 Å². The van der Waals surface area contributed by atoms with E-state index in [0.717, 1.165) is 0 Å². The van der Waals surface area contributed by atoms with Gasteiger partial charge in [0.25, 0.3) is 0 Å². The van der Waals surface area contributed by atoms with Gasteiger partial charge in [-0.25, -0.2) is 9.18 Å². The van der Waals surface area contributed by atoms with Gasteiger partial charge < -0.3 is 19.7 Å². The fraction of sp³-hybridized carbons (Fsp3) is 0.550. The Morgan fingerprint density at radius 1 is 1.45 bits per heavy atom. The van der Waals surface area contributed by atoms with Gasteiger partial charge in [0.2, 0.25) is 0 Å². The Kier molecular flexibility index (Phi) is 6.28. The van der Waals surface area contributed by atoms with Gasteiger partial charge in [-0.05, 0) is 49.7 Å².